The van der Waals surface area contributed by atoms with Gasteiger partial charge < -0.3 is 15.5 Å². The van der Waals surface area contributed by atoms with E-state index >= 15 is 0 Å². The Balaban J connectivity index is 1.60. The molecule has 31 heavy (non-hydrogen) atoms. The maximum atomic E-state index is 13.1. The predicted molar refractivity (Wildman–Crippen MR) is 118 cm³/mol. The Morgan fingerprint density at radius 2 is 1.94 bits per heavy atom. The molecule has 1 atom stereocenters. The molecule has 1 aromatic heterocycles. The van der Waals surface area contributed by atoms with Crippen LogP contribution in [-0.4, -0.2) is 51.5 Å². The van der Waals surface area contributed by atoms with Crippen LogP contribution in [-0.2, 0) is 17.9 Å². The van der Waals surface area contributed by atoms with E-state index in [1.807, 2.05) is 45.0 Å². The number of fused-ring (bicyclic) bond motifs is 1. The van der Waals surface area contributed by atoms with Gasteiger partial charge in [0.15, 0.2) is 5.69 Å². The van der Waals surface area contributed by atoms with Crippen molar-refractivity contribution in [2.24, 2.45) is 0 Å². The minimum absolute atomic E-state index is 0.0998. The maximum Gasteiger partial charge on any atom is 0.272 e. The average Bonchev–Trinajstić information content (AvgIpc) is 3.12. The molecule has 0 spiro atoms. The van der Waals surface area contributed by atoms with Crippen LogP contribution in [0.5, 0.6) is 0 Å². The third kappa shape index (κ3) is 5.93. The standard InChI is InChI=1S/C23H31N5O3/c1-4-17(3)25-21(29)10-11-24-22(30)19-14-20-23(31)27(12-5-13-28(20)26-19)15-18-8-6-16(2)7-9-18/h6-9,14,17H,4-5,10-13,15H2,1-3H3,(H,24,30)(H,25,29). The van der Waals surface area contributed by atoms with E-state index in [2.05, 4.69) is 15.7 Å². The molecule has 1 aliphatic heterocycles. The summed E-state index contributed by atoms with van der Waals surface area (Å²) in [7, 11) is 0. The van der Waals surface area contributed by atoms with Gasteiger partial charge in [-0.15, -0.1) is 0 Å². The summed E-state index contributed by atoms with van der Waals surface area (Å²) in [6.45, 7) is 7.93. The van der Waals surface area contributed by atoms with Crippen LogP contribution in [0.4, 0.5) is 0 Å². The number of rotatable bonds is 8. The first-order valence-electron chi connectivity index (χ1n) is 10.9. The van der Waals surface area contributed by atoms with Crippen molar-refractivity contribution in [2.45, 2.75) is 59.2 Å². The zero-order chi connectivity index (χ0) is 22.4. The van der Waals surface area contributed by atoms with Crippen LogP contribution in [0, 0.1) is 6.92 Å². The van der Waals surface area contributed by atoms with Crippen molar-refractivity contribution < 1.29 is 14.4 Å². The van der Waals surface area contributed by atoms with Gasteiger partial charge >= 0.3 is 0 Å². The van der Waals surface area contributed by atoms with Crippen molar-refractivity contribution >= 4 is 17.7 Å². The van der Waals surface area contributed by atoms with Gasteiger partial charge in [-0.3, -0.25) is 19.1 Å². The third-order valence-electron chi connectivity index (χ3n) is 5.47. The highest BCUT2D eigenvalue weighted by Crippen LogP contribution is 2.17. The van der Waals surface area contributed by atoms with E-state index in [0.717, 1.165) is 18.4 Å². The van der Waals surface area contributed by atoms with Gasteiger partial charge in [0.25, 0.3) is 11.8 Å². The molecule has 0 radical (unpaired) electrons. The summed E-state index contributed by atoms with van der Waals surface area (Å²) in [5.41, 5.74) is 2.87. The number of aromatic nitrogens is 2. The summed E-state index contributed by atoms with van der Waals surface area (Å²) in [4.78, 5) is 39.2. The van der Waals surface area contributed by atoms with Crippen molar-refractivity contribution in [2.75, 3.05) is 13.1 Å². The maximum absolute atomic E-state index is 13.1. The third-order valence-corrected chi connectivity index (χ3v) is 5.47. The monoisotopic (exact) mass is 425 g/mol. The van der Waals surface area contributed by atoms with Gasteiger partial charge in [0.1, 0.15) is 5.69 Å². The van der Waals surface area contributed by atoms with Gasteiger partial charge in [0, 0.05) is 44.7 Å². The molecule has 0 bridgehead atoms. The van der Waals surface area contributed by atoms with Crippen LogP contribution in [0.2, 0.25) is 0 Å². The van der Waals surface area contributed by atoms with Crippen LogP contribution >= 0.6 is 0 Å². The highest BCUT2D eigenvalue weighted by molar-refractivity contribution is 5.98. The second-order valence-corrected chi connectivity index (χ2v) is 8.09. The fraction of sp³-hybridized carbons (Fsp3) is 0.478. The van der Waals surface area contributed by atoms with Crippen LogP contribution in [0.1, 0.15) is 65.2 Å². The van der Waals surface area contributed by atoms with Crippen LogP contribution in [0.25, 0.3) is 0 Å². The van der Waals surface area contributed by atoms with E-state index in [-0.39, 0.29) is 42.4 Å². The number of hydrogen-bond acceptors (Lipinski definition) is 4. The van der Waals surface area contributed by atoms with E-state index < -0.39 is 0 Å². The SMILES string of the molecule is CCC(C)NC(=O)CCNC(=O)c1cc2n(n1)CCCN(Cc1ccc(C)cc1)C2=O. The van der Waals surface area contributed by atoms with Gasteiger partial charge in [0.05, 0.1) is 0 Å². The van der Waals surface area contributed by atoms with Gasteiger partial charge in [-0.1, -0.05) is 36.8 Å². The Hall–Kier alpha value is -3.16. The molecule has 3 rings (SSSR count). The van der Waals surface area contributed by atoms with Crippen LogP contribution in [0.3, 0.4) is 0 Å². The summed E-state index contributed by atoms with van der Waals surface area (Å²) in [6.07, 6.45) is 1.82. The molecule has 8 nitrogen and oxygen atoms in total. The summed E-state index contributed by atoms with van der Waals surface area (Å²) in [5.74, 6) is -0.607. The molecular weight excluding hydrogens is 394 g/mol. The second kappa shape index (κ2) is 10.2. The molecule has 2 heterocycles. The number of nitrogens with zero attached hydrogens (tertiary/aromatic N) is 3. The fourth-order valence-electron chi connectivity index (χ4n) is 3.44. The second-order valence-electron chi connectivity index (χ2n) is 8.09. The topological polar surface area (TPSA) is 96.3 Å². The molecule has 166 valence electrons. The average molecular weight is 426 g/mol. The number of benzene rings is 1. The zero-order valence-electron chi connectivity index (χ0n) is 18.5. The Bertz CT molecular complexity index is 935. The number of amides is 3. The highest BCUT2D eigenvalue weighted by Gasteiger charge is 2.26. The lowest BCUT2D eigenvalue weighted by atomic mass is 10.1. The summed E-state index contributed by atoms with van der Waals surface area (Å²) in [6, 6.07) is 9.79. The lowest BCUT2D eigenvalue weighted by molar-refractivity contribution is -0.121. The van der Waals surface area contributed by atoms with Crippen molar-refractivity contribution in [1.82, 2.24) is 25.3 Å². The van der Waals surface area contributed by atoms with E-state index in [9.17, 15) is 14.4 Å². The van der Waals surface area contributed by atoms with Crippen molar-refractivity contribution in [3.8, 4) is 0 Å². The van der Waals surface area contributed by atoms with Gasteiger partial charge in [0.2, 0.25) is 5.91 Å². The molecule has 0 aliphatic carbocycles. The molecule has 1 aliphatic rings. The number of nitrogens with one attached hydrogen (secondary N) is 2. The normalized spacial score (nSPS) is 14.5. The molecule has 0 fully saturated rings. The number of carbonyl (C=O) groups is 3. The molecule has 0 saturated carbocycles. The van der Waals surface area contributed by atoms with Crippen molar-refractivity contribution in [3.63, 3.8) is 0 Å². The first-order valence-corrected chi connectivity index (χ1v) is 10.9. The molecule has 8 heteroatoms. The Labute approximate surface area is 183 Å². The Morgan fingerprint density at radius 3 is 2.65 bits per heavy atom. The zero-order valence-corrected chi connectivity index (χ0v) is 18.5. The van der Waals surface area contributed by atoms with Gasteiger partial charge in [-0.25, -0.2) is 0 Å². The van der Waals surface area contributed by atoms with E-state index in [0.29, 0.717) is 25.3 Å². The van der Waals surface area contributed by atoms with E-state index in [4.69, 9.17) is 0 Å². The number of aryl methyl sites for hydroxylation is 2. The Morgan fingerprint density at radius 1 is 1.19 bits per heavy atom. The first-order chi connectivity index (χ1) is 14.9. The van der Waals surface area contributed by atoms with Gasteiger partial charge in [-0.05, 0) is 32.3 Å². The van der Waals surface area contributed by atoms with E-state index in [1.165, 1.54) is 5.56 Å². The lowest BCUT2D eigenvalue weighted by Gasteiger charge is -2.20. The molecule has 3 amide bonds. The fourth-order valence-corrected chi connectivity index (χ4v) is 3.44. The quantitative estimate of drug-likeness (QED) is 0.678. The van der Waals surface area contributed by atoms with Crippen molar-refractivity contribution in [1.29, 1.82) is 0 Å². The molecule has 1 aromatic carbocycles. The number of hydrogen-bond donors (Lipinski definition) is 2. The molecule has 0 saturated heterocycles. The molecule has 2 N–H and O–H groups in total. The minimum Gasteiger partial charge on any atom is -0.354 e. The van der Waals surface area contributed by atoms with Crippen LogP contribution < -0.4 is 10.6 Å². The summed E-state index contributed by atoms with van der Waals surface area (Å²) in [5, 5.41) is 9.91. The van der Waals surface area contributed by atoms with Gasteiger partial charge in [-0.2, -0.15) is 5.10 Å². The van der Waals surface area contributed by atoms with Crippen LogP contribution in [0.15, 0.2) is 30.3 Å². The summed E-state index contributed by atoms with van der Waals surface area (Å²) < 4.78 is 1.61. The molecule has 2 aromatic rings. The Kier molecular flexibility index (Phi) is 7.44. The molecular formula is C23H31N5O3. The highest BCUT2D eigenvalue weighted by atomic mass is 16.2. The smallest absolute Gasteiger partial charge is 0.272 e. The number of carbonyl (C=O) groups excluding carboxylic acids is 3. The van der Waals surface area contributed by atoms with Crippen molar-refractivity contribution in [3.05, 3.63) is 52.8 Å². The molecule has 1 unspecified atom stereocenters. The lowest BCUT2D eigenvalue weighted by Crippen LogP contribution is -2.35. The first kappa shape index (κ1) is 22.5. The van der Waals surface area contributed by atoms with E-state index in [1.54, 1.807) is 15.6 Å². The summed E-state index contributed by atoms with van der Waals surface area (Å²) >= 11 is 0. The minimum atomic E-state index is -0.380. The predicted octanol–water partition coefficient (Wildman–Crippen LogP) is 2.27. The largest absolute Gasteiger partial charge is 0.354 e.